The molecule has 1 amide bonds. The predicted molar refractivity (Wildman–Crippen MR) is 75.3 cm³/mol. The zero-order chi connectivity index (χ0) is 16.1. The fraction of sp³-hybridized carbons (Fsp3) is 0.429. The Labute approximate surface area is 126 Å². The molecule has 0 aliphatic carbocycles. The molecule has 118 valence electrons. The van der Waals surface area contributed by atoms with E-state index in [1.165, 1.54) is 29.2 Å². The molecule has 1 aliphatic rings. The van der Waals surface area contributed by atoms with Gasteiger partial charge in [-0.05, 0) is 37.0 Å². The normalized spacial score (nSPS) is 17.8. The average Bonchev–Trinajstić information content (AvgIpc) is 2.53. The van der Waals surface area contributed by atoms with E-state index in [0.29, 0.717) is 18.5 Å². The molecule has 8 nitrogen and oxygen atoms in total. The molecular weight excluding hydrogens is 292 g/mol. The number of carboxylic acids is 1. The van der Waals surface area contributed by atoms with Gasteiger partial charge in [0.05, 0.1) is 4.92 Å². The van der Waals surface area contributed by atoms with E-state index in [0.717, 1.165) is 12.8 Å². The van der Waals surface area contributed by atoms with Gasteiger partial charge in [0.25, 0.3) is 5.69 Å². The number of piperidine rings is 1. The number of carbonyl (C=O) groups excluding carboxylic acids is 1. The molecule has 2 rings (SSSR count). The molecule has 0 spiro atoms. The predicted octanol–water partition coefficient (Wildman–Crippen LogP) is 2.17. The smallest absolute Gasteiger partial charge is 0.410 e. The summed E-state index contributed by atoms with van der Waals surface area (Å²) in [5, 5.41) is 19.7. The van der Waals surface area contributed by atoms with Gasteiger partial charge >= 0.3 is 12.1 Å². The molecule has 1 heterocycles. The van der Waals surface area contributed by atoms with Crippen molar-refractivity contribution >= 4 is 17.7 Å². The summed E-state index contributed by atoms with van der Waals surface area (Å²) in [6, 6.07) is 4.79. The van der Waals surface area contributed by atoms with Crippen molar-refractivity contribution in [3.8, 4) is 0 Å². The summed E-state index contributed by atoms with van der Waals surface area (Å²) in [6.45, 7) is 0.301. The van der Waals surface area contributed by atoms with E-state index in [-0.39, 0.29) is 12.3 Å². The molecule has 0 aromatic heterocycles. The number of hydrogen-bond donors (Lipinski definition) is 1. The third kappa shape index (κ3) is 3.72. The van der Waals surface area contributed by atoms with Crippen LogP contribution in [0.4, 0.5) is 10.5 Å². The first-order chi connectivity index (χ1) is 10.5. The second-order valence-corrected chi connectivity index (χ2v) is 5.02. The first-order valence-corrected chi connectivity index (χ1v) is 6.88. The largest absolute Gasteiger partial charge is 0.480 e. The molecule has 1 N–H and O–H groups in total. The summed E-state index contributed by atoms with van der Waals surface area (Å²) in [5.74, 6) is -1.04. The molecular formula is C14H16N2O6. The fourth-order valence-corrected chi connectivity index (χ4v) is 2.35. The standard InChI is InChI=1S/C14H16N2O6/c17-13(18)12-3-1-2-8-15(12)14(19)22-9-10-4-6-11(7-5-10)16(20)21/h4-7,12H,1-3,8-9H2,(H,17,18)/t12-/m0/s1. The molecule has 1 aromatic rings. The minimum atomic E-state index is -1.04. The number of nitro groups is 1. The zero-order valence-corrected chi connectivity index (χ0v) is 11.8. The summed E-state index contributed by atoms with van der Waals surface area (Å²) in [6.07, 6.45) is 1.26. The fourth-order valence-electron chi connectivity index (χ4n) is 2.35. The maximum absolute atomic E-state index is 12.0. The van der Waals surface area contributed by atoms with Gasteiger partial charge in [0, 0.05) is 18.7 Å². The van der Waals surface area contributed by atoms with Crippen molar-refractivity contribution in [2.75, 3.05) is 6.54 Å². The maximum atomic E-state index is 12.0. The van der Waals surface area contributed by atoms with Gasteiger partial charge in [0.15, 0.2) is 0 Å². The Morgan fingerprint density at radius 3 is 2.59 bits per heavy atom. The Morgan fingerprint density at radius 1 is 1.32 bits per heavy atom. The van der Waals surface area contributed by atoms with E-state index in [4.69, 9.17) is 9.84 Å². The van der Waals surface area contributed by atoms with E-state index in [1.807, 2.05) is 0 Å². The average molecular weight is 308 g/mol. The van der Waals surface area contributed by atoms with Crippen molar-refractivity contribution in [3.05, 3.63) is 39.9 Å². The van der Waals surface area contributed by atoms with Gasteiger partial charge < -0.3 is 9.84 Å². The number of benzene rings is 1. The Hall–Kier alpha value is -2.64. The Balaban J connectivity index is 1.93. The third-order valence-electron chi connectivity index (χ3n) is 3.53. The van der Waals surface area contributed by atoms with Crippen LogP contribution in [0.5, 0.6) is 0 Å². The van der Waals surface area contributed by atoms with Gasteiger partial charge in [-0.1, -0.05) is 0 Å². The number of carbonyl (C=O) groups is 2. The highest BCUT2D eigenvalue weighted by Crippen LogP contribution is 2.19. The minimum absolute atomic E-state index is 0.0444. The zero-order valence-electron chi connectivity index (χ0n) is 11.8. The molecule has 1 aromatic carbocycles. The molecule has 0 radical (unpaired) electrons. The maximum Gasteiger partial charge on any atom is 0.410 e. The van der Waals surface area contributed by atoms with Gasteiger partial charge in [-0.3, -0.25) is 15.0 Å². The Bertz CT molecular complexity index is 571. The lowest BCUT2D eigenvalue weighted by atomic mass is 10.0. The molecule has 22 heavy (non-hydrogen) atoms. The number of amides is 1. The number of nitro benzene ring substituents is 1. The van der Waals surface area contributed by atoms with Gasteiger partial charge in [-0.2, -0.15) is 0 Å². The summed E-state index contributed by atoms with van der Waals surface area (Å²) in [7, 11) is 0. The highest BCUT2D eigenvalue weighted by atomic mass is 16.6. The van der Waals surface area contributed by atoms with Crippen molar-refractivity contribution in [1.29, 1.82) is 0 Å². The number of likely N-dealkylation sites (tertiary alicyclic amines) is 1. The number of carboxylic acid groups (broad SMARTS) is 1. The molecule has 0 saturated carbocycles. The van der Waals surface area contributed by atoms with Crippen molar-refractivity contribution < 1.29 is 24.4 Å². The van der Waals surface area contributed by atoms with E-state index in [9.17, 15) is 19.7 Å². The Morgan fingerprint density at radius 2 is 2.00 bits per heavy atom. The summed E-state index contributed by atoms with van der Waals surface area (Å²) in [5.41, 5.74) is 0.555. The third-order valence-corrected chi connectivity index (χ3v) is 3.53. The van der Waals surface area contributed by atoms with Crippen LogP contribution < -0.4 is 0 Å². The van der Waals surface area contributed by atoms with Crippen LogP contribution in [0.1, 0.15) is 24.8 Å². The second kappa shape index (κ2) is 6.88. The van der Waals surface area contributed by atoms with Crippen molar-refractivity contribution in [1.82, 2.24) is 4.90 Å². The lowest BCUT2D eigenvalue weighted by Crippen LogP contribution is -2.48. The van der Waals surface area contributed by atoms with Crippen molar-refractivity contribution in [3.63, 3.8) is 0 Å². The molecule has 0 unspecified atom stereocenters. The van der Waals surface area contributed by atoms with Crippen molar-refractivity contribution in [2.45, 2.75) is 31.9 Å². The monoisotopic (exact) mass is 308 g/mol. The minimum Gasteiger partial charge on any atom is -0.480 e. The number of rotatable bonds is 4. The number of hydrogen-bond acceptors (Lipinski definition) is 5. The van der Waals surface area contributed by atoms with Gasteiger partial charge in [0.2, 0.25) is 0 Å². The number of nitrogens with zero attached hydrogens (tertiary/aromatic N) is 2. The molecule has 0 bridgehead atoms. The molecule has 1 saturated heterocycles. The highest BCUT2D eigenvalue weighted by molar-refractivity contribution is 5.80. The molecule has 8 heteroatoms. The van der Waals surface area contributed by atoms with Gasteiger partial charge in [0.1, 0.15) is 12.6 Å². The van der Waals surface area contributed by atoms with Crippen LogP contribution in [0.25, 0.3) is 0 Å². The second-order valence-electron chi connectivity index (χ2n) is 5.02. The van der Waals surface area contributed by atoms with Crippen LogP contribution in [0.15, 0.2) is 24.3 Å². The number of non-ortho nitro benzene ring substituents is 1. The van der Waals surface area contributed by atoms with Gasteiger partial charge in [-0.25, -0.2) is 9.59 Å². The van der Waals surface area contributed by atoms with E-state index < -0.39 is 23.0 Å². The van der Waals surface area contributed by atoms with Crippen LogP contribution in [-0.2, 0) is 16.1 Å². The lowest BCUT2D eigenvalue weighted by molar-refractivity contribution is -0.384. The summed E-state index contributed by atoms with van der Waals surface area (Å²) in [4.78, 5) is 34.4. The van der Waals surface area contributed by atoms with Crippen LogP contribution in [0, 0.1) is 10.1 Å². The SMILES string of the molecule is O=C(O)[C@@H]1CCCCN1C(=O)OCc1ccc([N+](=O)[O-])cc1. The number of ether oxygens (including phenoxy) is 1. The number of aliphatic carboxylic acids is 1. The van der Waals surface area contributed by atoms with Crippen LogP contribution >= 0.6 is 0 Å². The lowest BCUT2D eigenvalue weighted by Gasteiger charge is -2.31. The van der Waals surface area contributed by atoms with Gasteiger partial charge in [-0.15, -0.1) is 0 Å². The first kappa shape index (κ1) is 15.7. The molecule has 1 aliphatic heterocycles. The Kier molecular flexibility index (Phi) is 4.92. The van der Waals surface area contributed by atoms with Crippen LogP contribution in [-0.4, -0.2) is 39.6 Å². The topological polar surface area (TPSA) is 110 Å². The highest BCUT2D eigenvalue weighted by Gasteiger charge is 2.32. The molecule has 1 fully saturated rings. The first-order valence-electron chi connectivity index (χ1n) is 6.88. The van der Waals surface area contributed by atoms with Crippen LogP contribution in [0.3, 0.4) is 0 Å². The quantitative estimate of drug-likeness (QED) is 0.674. The van der Waals surface area contributed by atoms with Crippen molar-refractivity contribution in [2.24, 2.45) is 0 Å². The van der Waals surface area contributed by atoms with E-state index in [2.05, 4.69) is 0 Å². The summed E-state index contributed by atoms with van der Waals surface area (Å²) >= 11 is 0. The molecule has 1 atom stereocenters. The van der Waals surface area contributed by atoms with E-state index >= 15 is 0 Å². The van der Waals surface area contributed by atoms with E-state index in [1.54, 1.807) is 0 Å². The summed E-state index contributed by atoms with van der Waals surface area (Å²) < 4.78 is 5.10. The van der Waals surface area contributed by atoms with Crippen LogP contribution in [0.2, 0.25) is 0 Å².